The quantitative estimate of drug-likeness (QED) is 0.610. The van der Waals surface area contributed by atoms with Gasteiger partial charge in [0.1, 0.15) is 11.0 Å². The minimum absolute atomic E-state index is 0.628. The zero-order valence-electron chi connectivity index (χ0n) is 8.16. The zero-order chi connectivity index (χ0) is 9.54. The average Bonchev–Trinajstić information content (AvgIpc) is 2.56. The number of benzene rings is 1. The van der Waals surface area contributed by atoms with Crippen LogP contribution < -0.4 is 10.6 Å². The van der Waals surface area contributed by atoms with E-state index in [-0.39, 0.29) is 0 Å². The molecule has 1 heteroatoms. The number of hydrogen-bond donors (Lipinski definition) is 0. The molecule has 0 spiro atoms. The molecule has 70 valence electrons. The standard InChI is InChI=1S/C13H12O/c1-9-6-7-13-11(8-9)10-4-2-3-5-12(10)14-13/h2-5,7-9H,6H2,1H3. The van der Waals surface area contributed by atoms with Gasteiger partial charge in [-0.3, -0.25) is 0 Å². The summed E-state index contributed by atoms with van der Waals surface area (Å²) >= 11 is 0. The van der Waals surface area contributed by atoms with Gasteiger partial charge in [0.2, 0.25) is 0 Å². The van der Waals surface area contributed by atoms with E-state index in [1.165, 1.54) is 10.6 Å². The van der Waals surface area contributed by atoms with E-state index in [2.05, 4.69) is 31.2 Å². The lowest BCUT2D eigenvalue weighted by atomic mass is 10.0. The summed E-state index contributed by atoms with van der Waals surface area (Å²) in [6.45, 7) is 2.24. The van der Waals surface area contributed by atoms with E-state index < -0.39 is 0 Å². The fourth-order valence-electron chi connectivity index (χ4n) is 2.05. The van der Waals surface area contributed by atoms with Crippen LogP contribution in [0.5, 0.6) is 0 Å². The summed E-state index contributed by atoms with van der Waals surface area (Å²) in [4.78, 5) is 0. The minimum Gasteiger partial charge on any atom is -0.456 e. The third kappa shape index (κ3) is 1.02. The second-order valence-electron chi connectivity index (χ2n) is 3.96. The first-order valence-corrected chi connectivity index (χ1v) is 5.04. The van der Waals surface area contributed by atoms with Crippen LogP contribution in [0.4, 0.5) is 0 Å². The lowest BCUT2D eigenvalue weighted by molar-refractivity contribution is 0.567. The van der Waals surface area contributed by atoms with Gasteiger partial charge in [-0.2, -0.15) is 0 Å². The maximum atomic E-state index is 5.75. The molecule has 0 saturated heterocycles. The molecule has 1 heterocycles. The smallest absolute Gasteiger partial charge is 0.135 e. The van der Waals surface area contributed by atoms with Crippen molar-refractivity contribution in [2.24, 2.45) is 5.92 Å². The Bertz CT molecular complexity index is 589. The molecule has 14 heavy (non-hydrogen) atoms. The van der Waals surface area contributed by atoms with Gasteiger partial charge in [-0.25, -0.2) is 0 Å². The summed E-state index contributed by atoms with van der Waals surface area (Å²) in [5.74, 6) is 0.628. The maximum Gasteiger partial charge on any atom is 0.135 e. The van der Waals surface area contributed by atoms with Crippen molar-refractivity contribution < 1.29 is 4.42 Å². The Morgan fingerprint density at radius 2 is 2.14 bits per heavy atom. The summed E-state index contributed by atoms with van der Waals surface area (Å²) in [7, 11) is 0. The molecule has 0 fully saturated rings. The predicted octanol–water partition coefficient (Wildman–Crippen LogP) is 2.03. The summed E-state index contributed by atoms with van der Waals surface area (Å²) in [5.41, 5.74) is 2.04. The molecule has 0 saturated carbocycles. The second kappa shape index (κ2) is 2.74. The molecule has 1 atom stereocenters. The molecule has 1 aliphatic carbocycles. The number of furan rings is 1. The first-order chi connectivity index (χ1) is 6.84. The van der Waals surface area contributed by atoms with Crippen molar-refractivity contribution >= 4 is 23.1 Å². The van der Waals surface area contributed by atoms with Crippen molar-refractivity contribution in [2.75, 3.05) is 0 Å². The van der Waals surface area contributed by atoms with Gasteiger partial charge in [-0.15, -0.1) is 0 Å². The Balaban J connectivity index is 2.54. The molecule has 1 unspecified atom stereocenters. The van der Waals surface area contributed by atoms with E-state index in [1.54, 1.807) is 0 Å². The van der Waals surface area contributed by atoms with Crippen LogP contribution in [-0.2, 0) is 0 Å². The molecule has 0 amide bonds. The van der Waals surface area contributed by atoms with Crippen LogP contribution in [0.1, 0.15) is 13.3 Å². The molecular weight excluding hydrogens is 172 g/mol. The van der Waals surface area contributed by atoms with Crippen LogP contribution in [0, 0.1) is 5.92 Å². The summed E-state index contributed by atoms with van der Waals surface area (Å²) < 4.78 is 5.75. The van der Waals surface area contributed by atoms with Crippen molar-refractivity contribution in [1.82, 2.24) is 0 Å². The van der Waals surface area contributed by atoms with E-state index in [4.69, 9.17) is 4.42 Å². The highest BCUT2D eigenvalue weighted by Crippen LogP contribution is 2.12. The van der Waals surface area contributed by atoms with E-state index in [9.17, 15) is 0 Å². The molecule has 0 aliphatic heterocycles. The SMILES string of the molecule is CC1C=c2c(oc3ccccc23)=CC1. The van der Waals surface area contributed by atoms with E-state index >= 15 is 0 Å². The molecule has 1 aromatic heterocycles. The molecule has 0 radical (unpaired) electrons. The predicted molar refractivity (Wildman–Crippen MR) is 58.2 cm³/mol. The Labute approximate surface area is 82.3 Å². The lowest BCUT2D eigenvalue weighted by Crippen LogP contribution is -2.24. The normalized spacial score (nSPS) is 19.9. The van der Waals surface area contributed by atoms with Crippen LogP contribution in [0.2, 0.25) is 0 Å². The van der Waals surface area contributed by atoms with Crippen molar-refractivity contribution in [3.05, 3.63) is 34.9 Å². The molecule has 1 aromatic carbocycles. The van der Waals surface area contributed by atoms with Crippen molar-refractivity contribution in [1.29, 1.82) is 0 Å². The third-order valence-electron chi connectivity index (χ3n) is 2.79. The van der Waals surface area contributed by atoms with Gasteiger partial charge in [-0.1, -0.05) is 31.2 Å². The number of rotatable bonds is 0. The average molecular weight is 184 g/mol. The largest absolute Gasteiger partial charge is 0.456 e. The first kappa shape index (κ1) is 7.86. The van der Waals surface area contributed by atoms with E-state index in [0.29, 0.717) is 5.92 Å². The van der Waals surface area contributed by atoms with Crippen molar-refractivity contribution in [2.45, 2.75) is 13.3 Å². The molecule has 0 N–H and O–H groups in total. The Hall–Kier alpha value is -1.50. The van der Waals surface area contributed by atoms with Crippen molar-refractivity contribution in [3.63, 3.8) is 0 Å². The fourth-order valence-corrected chi connectivity index (χ4v) is 2.05. The fraction of sp³-hybridized carbons (Fsp3) is 0.231. The number of fused-ring (bicyclic) bond motifs is 3. The monoisotopic (exact) mass is 184 g/mol. The van der Waals surface area contributed by atoms with E-state index in [1.807, 2.05) is 12.1 Å². The van der Waals surface area contributed by atoms with Crippen molar-refractivity contribution in [3.8, 4) is 0 Å². The van der Waals surface area contributed by atoms with Gasteiger partial charge in [0.05, 0.1) is 0 Å². The van der Waals surface area contributed by atoms with Crippen LogP contribution in [0.3, 0.4) is 0 Å². The summed E-state index contributed by atoms with van der Waals surface area (Å²) in [5, 5.41) is 2.52. The van der Waals surface area contributed by atoms with Gasteiger partial charge in [0.25, 0.3) is 0 Å². The molecule has 1 aliphatic rings. The van der Waals surface area contributed by atoms with Gasteiger partial charge in [0.15, 0.2) is 0 Å². The summed E-state index contributed by atoms with van der Waals surface area (Å²) in [6.07, 6.45) is 5.59. The van der Waals surface area contributed by atoms with E-state index in [0.717, 1.165) is 17.4 Å². The molecule has 3 rings (SSSR count). The molecular formula is C13H12O. The van der Waals surface area contributed by atoms with Crippen LogP contribution in [0.25, 0.3) is 23.1 Å². The highest BCUT2D eigenvalue weighted by atomic mass is 16.3. The highest BCUT2D eigenvalue weighted by molar-refractivity contribution is 5.79. The Kier molecular flexibility index (Phi) is 1.54. The molecule has 0 bridgehead atoms. The Morgan fingerprint density at radius 1 is 1.29 bits per heavy atom. The Morgan fingerprint density at radius 3 is 3.07 bits per heavy atom. The van der Waals surface area contributed by atoms with Gasteiger partial charge < -0.3 is 4.42 Å². The highest BCUT2D eigenvalue weighted by Gasteiger charge is 2.07. The van der Waals surface area contributed by atoms with Crippen LogP contribution in [0.15, 0.2) is 28.7 Å². The minimum atomic E-state index is 0.628. The van der Waals surface area contributed by atoms with Gasteiger partial charge in [0, 0.05) is 10.6 Å². The number of hydrogen-bond acceptors (Lipinski definition) is 1. The van der Waals surface area contributed by atoms with Crippen LogP contribution >= 0.6 is 0 Å². The molecule has 1 nitrogen and oxygen atoms in total. The maximum absolute atomic E-state index is 5.75. The second-order valence-corrected chi connectivity index (χ2v) is 3.96. The lowest BCUT2D eigenvalue weighted by Gasteiger charge is -2.03. The first-order valence-electron chi connectivity index (χ1n) is 5.04. The van der Waals surface area contributed by atoms with Gasteiger partial charge in [-0.05, 0) is 24.5 Å². The van der Waals surface area contributed by atoms with Gasteiger partial charge >= 0.3 is 0 Å². The molecule has 2 aromatic rings. The third-order valence-corrected chi connectivity index (χ3v) is 2.79. The summed E-state index contributed by atoms with van der Waals surface area (Å²) in [6, 6.07) is 8.23. The topological polar surface area (TPSA) is 13.1 Å². The van der Waals surface area contributed by atoms with Crippen LogP contribution in [-0.4, -0.2) is 0 Å². The number of para-hydroxylation sites is 1. The zero-order valence-corrected chi connectivity index (χ0v) is 8.16.